The van der Waals surface area contributed by atoms with Crippen molar-refractivity contribution in [3.8, 4) is 6.07 Å². The number of hydrogen-bond acceptors (Lipinski definition) is 4. The summed E-state index contributed by atoms with van der Waals surface area (Å²) in [7, 11) is 0. The van der Waals surface area contributed by atoms with Gasteiger partial charge in [-0.25, -0.2) is 4.79 Å². The van der Waals surface area contributed by atoms with Crippen molar-refractivity contribution in [2.75, 3.05) is 19.7 Å². The van der Waals surface area contributed by atoms with Gasteiger partial charge in [0.1, 0.15) is 12.6 Å². The van der Waals surface area contributed by atoms with E-state index in [1.54, 1.807) is 0 Å². The lowest BCUT2D eigenvalue weighted by Crippen LogP contribution is -2.26. The van der Waals surface area contributed by atoms with E-state index in [2.05, 4.69) is 4.74 Å². The van der Waals surface area contributed by atoms with Crippen molar-refractivity contribution in [2.45, 2.75) is 6.10 Å². The highest BCUT2D eigenvalue weighted by atomic mass is 16.6. The Morgan fingerprint density at radius 3 is 3.09 bits per heavy atom. The molecule has 0 spiro atoms. The summed E-state index contributed by atoms with van der Waals surface area (Å²) in [5.74, 6) is 0. The van der Waals surface area contributed by atoms with Gasteiger partial charge in [0, 0.05) is 0 Å². The zero-order valence-electron chi connectivity index (χ0n) is 5.86. The first-order valence-electron chi connectivity index (χ1n) is 3.21. The fourth-order valence-corrected chi connectivity index (χ4v) is 0.884. The molecular weight excluding hydrogens is 148 g/mol. The Balaban J connectivity index is 2.46. The van der Waals surface area contributed by atoms with Gasteiger partial charge < -0.3 is 9.84 Å². The number of rotatable bonds is 2. The summed E-state index contributed by atoms with van der Waals surface area (Å²) < 4.78 is 4.66. The predicted octanol–water partition coefficient (Wildman–Crippen LogP) is -0.677. The summed E-state index contributed by atoms with van der Waals surface area (Å²) >= 11 is 0. The third-order valence-electron chi connectivity index (χ3n) is 1.41. The third kappa shape index (κ3) is 1.59. The number of carbonyl (C=O) groups excluding carboxylic acids is 1. The molecule has 1 heterocycles. The number of cyclic esters (lactones) is 1. The highest BCUT2D eigenvalue weighted by Gasteiger charge is 2.29. The summed E-state index contributed by atoms with van der Waals surface area (Å²) in [6, 6.07) is 1.83. The van der Waals surface area contributed by atoms with E-state index in [1.807, 2.05) is 6.07 Å². The summed E-state index contributed by atoms with van der Waals surface area (Å²) in [5.41, 5.74) is 0. The highest BCUT2D eigenvalue weighted by Crippen LogP contribution is 2.09. The molecule has 1 amide bonds. The van der Waals surface area contributed by atoms with Crippen LogP contribution in [0.3, 0.4) is 0 Å². The van der Waals surface area contributed by atoms with E-state index in [1.165, 1.54) is 4.90 Å². The molecule has 1 aliphatic heterocycles. The molecule has 11 heavy (non-hydrogen) atoms. The van der Waals surface area contributed by atoms with Crippen LogP contribution < -0.4 is 0 Å². The number of hydrogen-bond donors (Lipinski definition) is 1. The maximum Gasteiger partial charge on any atom is 0.411 e. The van der Waals surface area contributed by atoms with Crippen LogP contribution in [0, 0.1) is 11.3 Å². The molecule has 1 saturated heterocycles. The Hall–Kier alpha value is -1.28. The van der Waals surface area contributed by atoms with E-state index in [9.17, 15) is 4.79 Å². The largest absolute Gasteiger partial charge is 0.442 e. The van der Waals surface area contributed by atoms with Crippen LogP contribution in [0.2, 0.25) is 0 Å². The minimum absolute atomic E-state index is 0.0231. The van der Waals surface area contributed by atoms with E-state index in [0.717, 1.165) is 0 Å². The lowest BCUT2D eigenvalue weighted by atomic mass is 10.4. The summed E-state index contributed by atoms with van der Waals surface area (Å²) in [4.78, 5) is 12.0. The number of aliphatic hydroxyl groups excluding tert-OH is 1. The molecule has 5 nitrogen and oxygen atoms in total. The van der Waals surface area contributed by atoms with Gasteiger partial charge in [-0.05, 0) is 0 Å². The lowest BCUT2D eigenvalue weighted by Gasteiger charge is -2.04. The van der Waals surface area contributed by atoms with Crippen molar-refractivity contribution in [2.24, 2.45) is 0 Å². The van der Waals surface area contributed by atoms with Gasteiger partial charge in [-0.3, -0.25) is 4.90 Å². The van der Waals surface area contributed by atoms with E-state index in [-0.39, 0.29) is 13.2 Å². The first-order chi connectivity index (χ1) is 5.27. The van der Waals surface area contributed by atoms with E-state index in [0.29, 0.717) is 6.54 Å². The Morgan fingerprint density at radius 2 is 2.64 bits per heavy atom. The molecule has 1 fully saturated rings. The minimum Gasteiger partial charge on any atom is -0.442 e. The van der Waals surface area contributed by atoms with Gasteiger partial charge >= 0.3 is 6.09 Å². The Labute approximate surface area is 63.8 Å². The van der Waals surface area contributed by atoms with Crippen molar-refractivity contribution in [3.05, 3.63) is 0 Å². The second-order valence-corrected chi connectivity index (χ2v) is 2.23. The Morgan fingerprint density at radius 1 is 1.91 bits per heavy atom. The standard InChI is InChI=1S/C6H8N2O3/c7-1-2-8-3-5(4-9)11-6(8)10/h5,9H,2-4H2. The van der Waals surface area contributed by atoms with Crippen LogP contribution in [0.15, 0.2) is 0 Å². The Kier molecular flexibility index (Phi) is 2.28. The predicted molar refractivity (Wildman–Crippen MR) is 34.5 cm³/mol. The smallest absolute Gasteiger partial charge is 0.411 e. The molecule has 1 rings (SSSR count). The van der Waals surface area contributed by atoms with Gasteiger partial charge in [0.25, 0.3) is 0 Å². The lowest BCUT2D eigenvalue weighted by molar-refractivity contribution is 0.0949. The van der Waals surface area contributed by atoms with Crippen LogP contribution in [0.1, 0.15) is 0 Å². The first kappa shape index (κ1) is 7.82. The van der Waals surface area contributed by atoms with Crippen molar-refractivity contribution >= 4 is 6.09 Å². The van der Waals surface area contributed by atoms with Crippen LogP contribution in [0.5, 0.6) is 0 Å². The zero-order valence-corrected chi connectivity index (χ0v) is 5.86. The monoisotopic (exact) mass is 156 g/mol. The van der Waals surface area contributed by atoms with Crippen LogP contribution in [-0.2, 0) is 4.74 Å². The van der Waals surface area contributed by atoms with Crippen LogP contribution in [0.4, 0.5) is 4.79 Å². The van der Waals surface area contributed by atoms with Gasteiger partial charge in [0.15, 0.2) is 0 Å². The van der Waals surface area contributed by atoms with E-state index < -0.39 is 12.2 Å². The number of aliphatic hydroxyl groups is 1. The summed E-state index contributed by atoms with van der Waals surface area (Å²) in [5, 5.41) is 16.8. The fourth-order valence-electron chi connectivity index (χ4n) is 0.884. The second kappa shape index (κ2) is 3.21. The molecule has 1 N–H and O–H groups in total. The van der Waals surface area contributed by atoms with Crippen LogP contribution >= 0.6 is 0 Å². The molecule has 0 aromatic carbocycles. The van der Waals surface area contributed by atoms with Crippen LogP contribution in [0.25, 0.3) is 0 Å². The molecule has 1 unspecified atom stereocenters. The average Bonchev–Trinajstić information content (AvgIpc) is 2.33. The molecule has 0 radical (unpaired) electrons. The minimum atomic E-state index is -0.523. The molecule has 0 aromatic heterocycles. The Bertz CT molecular complexity index is 198. The molecule has 1 atom stereocenters. The molecule has 0 aliphatic carbocycles. The number of ether oxygens (including phenoxy) is 1. The number of nitrogens with zero attached hydrogens (tertiary/aromatic N) is 2. The number of amides is 1. The fraction of sp³-hybridized carbons (Fsp3) is 0.667. The summed E-state index contributed by atoms with van der Waals surface area (Å²) in [6.45, 7) is 0.145. The molecule has 0 bridgehead atoms. The quantitative estimate of drug-likeness (QED) is 0.538. The second-order valence-electron chi connectivity index (χ2n) is 2.23. The topological polar surface area (TPSA) is 73.6 Å². The summed E-state index contributed by atoms with van der Waals surface area (Å²) in [6.07, 6.45) is -0.985. The van der Waals surface area contributed by atoms with Crippen molar-refractivity contribution in [3.63, 3.8) is 0 Å². The number of nitriles is 1. The highest BCUT2D eigenvalue weighted by molar-refractivity contribution is 5.70. The molecule has 0 saturated carbocycles. The normalized spacial score (nSPS) is 23.1. The molecule has 1 aliphatic rings. The van der Waals surface area contributed by atoms with Crippen LogP contribution in [-0.4, -0.2) is 41.9 Å². The van der Waals surface area contributed by atoms with Crippen molar-refractivity contribution < 1.29 is 14.6 Å². The van der Waals surface area contributed by atoms with Gasteiger partial charge in [0.05, 0.1) is 19.2 Å². The number of carbonyl (C=O) groups is 1. The van der Waals surface area contributed by atoms with Crippen molar-refractivity contribution in [1.82, 2.24) is 4.90 Å². The zero-order chi connectivity index (χ0) is 8.27. The maximum atomic E-state index is 10.8. The third-order valence-corrected chi connectivity index (χ3v) is 1.41. The van der Waals surface area contributed by atoms with Crippen molar-refractivity contribution in [1.29, 1.82) is 5.26 Å². The molecular formula is C6H8N2O3. The van der Waals surface area contributed by atoms with Gasteiger partial charge in [-0.2, -0.15) is 5.26 Å². The molecule has 60 valence electrons. The van der Waals surface area contributed by atoms with E-state index in [4.69, 9.17) is 10.4 Å². The maximum absolute atomic E-state index is 10.8. The average molecular weight is 156 g/mol. The van der Waals surface area contributed by atoms with Gasteiger partial charge in [-0.15, -0.1) is 0 Å². The van der Waals surface area contributed by atoms with E-state index >= 15 is 0 Å². The first-order valence-corrected chi connectivity index (χ1v) is 3.21. The SMILES string of the molecule is N#CCN1CC(CO)OC1=O. The van der Waals surface area contributed by atoms with Gasteiger partial charge in [-0.1, -0.05) is 0 Å². The molecule has 5 heteroatoms. The van der Waals surface area contributed by atoms with Gasteiger partial charge in [0.2, 0.25) is 0 Å². The molecule has 0 aromatic rings.